The lowest BCUT2D eigenvalue weighted by Gasteiger charge is -2.04. The van der Waals surface area contributed by atoms with Crippen LogP contribution in [0.5, 0.6) is 0 Å². The number of nitrogens with zero attached hydrogens (tertiary/aromatic N) is 1. The molecule has 0 aromatic carbocycles. The standard InChI is InChI=1S/C10H12ClN3S3/c1-15-8-9(12)14-17-10(8)13-5-4-6-2-3-7(11)16-6/h2-3,13H,4-5H2,1H3,(H2,12,14). The molecule has 2 aromatic heterocycles. The molecule has 0 unspecified atom stereocenters. The van der Waals surface area contributed by atoms with Crippen LogP contribution in [0.15, 0.2) is 17.0 Å². The van der Waals surface area contributed by atoms with Crippen LogP contribution in [-0.4, -0.2) is 17.2 Å². The number of hydrogen-bond acceptors (Lipinski definition) is 6. The molecule has 0 spiro atoms. The van der Waals surface area contributed by atoms with E-state index >= 15 is 0 Å². The fraction of sp³-hybridized carbons (Fsp3) is 0.300. The molecule has 0 saturated heterocycles. The van der Waals surface area contributed by atoms with E-state index in [4.69, 9.17) is 17.3 Å². The summed E-state index contributed by atoms with van der Waals surface area (Å²) < 4.78 is 4.97. The Bertz CT molecular complexity index is 495. The van der Waals surface area contributed by atoms with Gasteiger partial charge in [-0.05, 0) is 36.3 Å². The van der Waals surface area contributed by atoms with E-state index < -0.39 is 0 Å². The van der Waals surface area contributed by atoms with Crippen LogP contribution < -0.4 is 11.1 Å². The van der Waals surface area contributed by atoms with Crippen LogP contribution in [0.2, 0.25) is 4.34 Å². The molecule has 7 heteroatoms. The molecule has 0 saturated carbocycles. The number of nitrogens with one attached hydrogen (secondary N) is 1. The Hall–Kier alpha value is -0.430. The van der Waals surface area contributed by atoms with Crippen LogP contribution in [0.1, 0.15) is 4.88 Å². The molecule has 92 valence electrons. The van der Waals surface area contributed by atoms with Gasteiger partial charge in [0.1, 0.15) is 5.00 Å². The number of thioether (sulfide) groups is 1. The lowest BCUT2D eigenvalue weighted by molar-refractivity contribution is 1.04. The van der Waals surface area contributed by atoms with Crippen molar-refractivity contribution >= 4 is 57.1 Å². The fourth-order valence-electron chi connectivity index (χ4n) is 1.39. The molecule has 0 bridgehead atoms. The number of halogens is 1. The quantitative estimate of drug-likeness (QED) is 0.825. The maximum atomic E-state index is 5.88. The first kappa shape index (κ1) is 13.0. The normalized spacial score (nSPS) is 10.7. The average molecular weight is 306 g/mol. The molecule has 0 atom stereocenters. The van der Waals surface area contributed by atoms with Crippen molar-refractivity contribution in [1.82, 2.24) is 4.37 Å². The van der Waals surface area contributed by atoms with Crippen LogP contribution in [0.4, 0.5) is 10.8 Å². The van der Waals surface area contributed by atoms with Crippen LogP contribution in [0, 0.1) is 0 Å². The van der Waals surface area contributed by atoms with Gasteiger partial charge in [-0.3, -0.25) is 0 Å². The Labute approximate surface area is 118 Å². The van der Waals surface area contributed by atoms with Gasteiger partial charge in [-0.15, -0.1) is 23.1 Å². The Morgan fingerprint density at radius 3 is 3.00 bits per heavy atom. The monoisotopic (exact) mass is 305 g/mol. The van der Waals surface area contributed by atoms with E-state index in [1.165, 1.54) is 16.4 Å². The molecule has 0 amide bonds. The molecule has 17 heavy (non-hydrogen) atoms. The highest BCUT2D eigenvalue weighted by atomic mass is 35.5. The summed E-state index contributed by atoms with van der Waals surface area (Å²) in [5, 5.41) is 4.41. The third-order valence-corrected chi connectivity index (χ3v) is 5.22. The van der Waals surface area contributed by atoms with Crippen molar-refractivity contribution in [2.45, 2.75) is 11.3 Å². The number of nitrogens with two attached hydrogens (primary N) is 1. The van der Waals surface area contributed by atoms with Gasteiger partial charge >= 0.3 is 0 Å². The van der Waals surface area contributed by atoms with Gasteiger partial charge in [0.25, 0.3) is 0 Å². The van der Waals surface area contributed by atoms with Crippen molar-refractivity contribution in [3.63, 3.8) is 0 Å². The molecule has 2 aromatic rings. The lowest BCUT2D eigenvalue weighted by Crippen LogP contribution is -2.03. The van der Waals surface area contributed by atoms with E-state index in [-0.39, 0.29) is 0 Å². The van der Waals surface area contributed by atoms with Crippen molar-refractivity contribution in [2.24, 2.45) is 0 Å². The largest absolute Gasteiger partial charge is 0.382 e. The van der Waals surface area contributed by atoms with Gasteiger partial charge in [-0.25, -0.2) is 0 Å². The smallest absolute Gasteiger partial charge is 0.153 e. The van der Waals surface area contributed by atoms with E-state index in [2.05, 4.69) is 15.8 Å². The highest BCUT2D eigenvalue weighted by Crippen LogP contribution is 2.34. The summed E-state index contributed by atoms with van der Waals surface area (Å²) in [6.07, 6.45) is 2.97. The first-order valence-corrected chi connectivity index (χ1v) is 8.17. The number of aromatic nitrogens is 1. The molecule has 3 N–H and O–H groups in total. The van der Waals surface area contributed by atoms with Gasteiger partial charge in [0.2, 0.25) is 0 Å². The second-order valence-corrected chi connectivity index (χ2v) is 6.70. The van der Waals surface area contributed by atoms with Gasteiger partial charge in [-0.1, -0.05) is 11.6 Å². The van der Waals surface area contributed by atoms with Crippen molar-refractivity contribution in [1.29, 1.82) is 0 Å². The number of thiophene rings is 1. The van der Waals surface area contributed by atoms with E-state index in [1.807, 2.05) is 12.3 Å². The summed E-state index contributed by atoms with van der Waals surface area (Å²) in [5.74, 6) is 0.615. The zero-order valence-corrected chi connectivity index (χ0v) is 12.4. The molecule has 0 aliphatic heterocycles. The minimum absolute atomic E-state index is 0.615. The Kier molecular flexibility index (Phi) is 4.55. The molecule has 2 heterocycles. The molecule has 2 rings (SSSR count). The maximum Gasteiger partial charge on any atom is 0.153 e. The average Bonchev–Trinajstić information content (AvgIpc) is 2.86. The highest BCUT2D eigenvalue weighted by molar-refractivity contribution is 7.99. The van der Waals surface area contributed by atoms with Gasteiger partial charge in [0.15, 0.2) is 5.82 Å². The zero-order valence-electron chi connectivity index (χ0n) is 9.20. The first-order valence-electron chi connectivity index (χ1n) is 4.98. The Balaban J connectivity index is 1.89. The topological polar surface area (TPSA) is 50.9 Å². The molecule has 0 radical (unpaired) electrons. The Morgan fingerprint density at radius 1 is 1.53 bits per heavy atom. The summed E-state index contributed by atoms with van der Waals surface area (Å²) in [5.41, 5.74) is 5.76. The predicted molar refractivity (Wildman–Crippen MR) is 79.8 cm³/mol. The lowest BCUT2D eigenvalue weighted by atomic mass is 10.3. The third kappa shape index (κ3) is 3.28. The molecular formula is C10H12ClN3S3. The van der Waals surface area contributed by atoms with E-state index in [0.29, 0.717) is 5.82 Å². The molecule has 0 aliphatic rings. The number of nitrogen functional groups attached to an aromatic ring is 1. The van der Waals surface area contributed by atoms with Crippen LogP contribution in [0.3, 0.4) is 0 Å². The molecule has 0 fully saturated rings. The first-order chi connectivity index (χ1) is 8.20. The summed E-state index contributed by atoms with van der Waals surface area (Å²) >= 11 is 10.5. The van der Waals surface area contributed by atoms with Crippen molar-refractivity contribution < 1.29 is 0 Å². The minimum atomic E-state index is 0.615. The van der Waals surface area contributed by atoms with Crippen LogP contribution in [0.25, 0.3) is 0 Å². The third-order valence-electron chi connectivity index (χ3n) is 2.16. The summed E-state index contributed by atoms with van der Waals surface area (Å²) in [7, 11) is 0. The van der Waals surface area contributed by atoms with E-state index in [9.17, 15) is 0 Å². The number of rotatable bonds is 5. The van der Waals surface area contributed by atoms with Gasteiger partial charge in [-0.2, -0.15) is 4.37 Å². The summed E-state index contributed by atoms with van der Waals surface area (Å²) in [6.45, 7) is 0.867. The Morgan fingerprint density at radius 2 is 2.35 bits per heavy atom. The predicted octanol–water partition coefficient (Wildman–Crippen LogP) is 3.82. The highest BCUT2D eigenvalue weighted by Gasteiger charge is 2.09. The summed E-state index contributed by atoms with van der Waals surface area (Å²) in [6, 6.07) is 3.99. The molecular weight excluding hydrogens is 294 g/mol. The molecule has 0 aliphatic carbocycles. The number of anilines is 2. The zero-order chi connectivity index (χ0) is 12.3. The van der Waals surface area contributed by atoms with Gasteiger partial charge < -0.3 is 11.1 Å². The maximum absolute atomic E-state index is 5.88. The molecule has 3 nitrogen and oxygen atoms in total. The van der Waals surface area contributed by atoms with Crippen LogP contribution >= 0.6 is 46.2 Å². The second-order valence-electron chi connectivity index (χ2n) is 3.31. The fourth-order valence-corrected chi connectivity index (χ4v) is 4.04. The van der Waals surface area contributed by atoms with E-state index in [0.717, 1.165) is 27.2 Å². The van der Waals surface area contributed by atoms with Crippen LogP contribution in [-0.2, 0) is 6.42 Å². The van der Waals surface area contributed by atoms with Crippen molar-refractivity contribution in [2.75, 3.05) is 23.9 Å². The van der Waals surface area contributed by atoms with Crippen molar-refractivity contribution in [3.8, 4) is 0 Å². The van der Waals surface area contributed by atoms with Crippen molar-refractivity contribution in [3.05, 3.63) is 21.3 Å². The number of hydrogen-bond donors (Lipinski definition) is 2. The van der Waals surface area contributed by atoms with Gasteiger partial charge in [0.05, 0.1) is 9.23 Å². The minimum Gasteiger partial charge on any atom is -0.382 e. The van der Waals surface area contributed by atoms with Gasteiger partial charge in [0, 0.05) is 11.4 Å². The summed E-state index contributed by atoms with van der Waals surface area (Å²) in [4.78, 5) is 2.32. The van der Waals surface area contributed by atoms with E-state index in [1.54, 1.807) is 23.1 Å². The SMILES string of the molecule is CSc1c(N)nsc1NCCc1ccc(Cl)s1. The second kappa shape index (κ2) is 5.95.